The Labute approximate surface area is 83.3 Å². The number of rotatable bonds is 8. The fourth-order valence-corrected chi connectivity index (χ4v) is 1.50. The number of nitrogens with zero attached hydrogens (tertiary/aromatic N) is 1. The second-order valence-corrected chi connectivity index (χ2v) is 3.74. The first-order valence-corrected chi connectivity index (χ1v) is 5.50. The van der Waals surface area contributed by atoms with E-state index in [-0.39, 0.29) is 0 Å². The summed E-state index contributed by atoms with van der Waals surface area (Å²) >= 11 is 0. The van der Waals surface area contributed by atoms with E-state index in [1.165, 1.54) is 25.8 Å². The van der Waals surface area contributed by atoms with Crippen LogP contribution in [0.15, 0.2) is 0 Å². The summed E-state index contributed by atoms with van der Waals surface area (Å²) in [7, 11) is 2.17. The standard InChI is InChI=1S/C11H25NO/c1-5-7-8-9-12(4)10-11(3)13-6-2/h11H,5-10H2,1-4H3. The summed E-state index contributed by atoms with van der Waals surface area (Å²) in [6, 6.07) is 0. The molecular weight excluding hydrogens is 162 g/mol. The molecule has 1 atom stereocenters. The molecule has 0 fully saturated rings. The first-order chi connectivity index (χ1) is 6.20. The van der Waals surface area contributed by atoms with Crippen LogP contribution < -0.4 is 0 Å². The lowest BCUT2D eigenvalue weighted by Crippen LogP contribution is -2.29. The van der Waals surface area contributed by atoms with E-state index in [1.54, 1.807) is 0 Å². The van der Waals surface area contributed by atoms with Gasteiger partial charge >= 0.3 is 0 Å². The average Bonchev–Trinajstić information content (AvgIpc) is 2.05. The topological polar surface area (TPSA) is 12.5 Å². The van der Waals surface area contributed by atoms with Crippen molar-refractivity contribution in [3.8, 4) is 0 Å². The lowest BCUT2D eigenvalue weighted by Gasteiger charge is -2.20. The van der Waals surface area contributed by atoms with Crippen molar-refractivity contribution in [1.82, 2.24) is 4.90 Å². The first-order valence-electron chi connectivity index (χ1n) is 5.50. The highest BCUT2D eigenvalue weighted by molar-refractivity contribution is 4.57. The Bertz CT molecular complexity index is 106. The lowest BCUT2D eigenvalue weighted by atomic mass is 10.2. The normalized spacial score (nSPS) is 13.6. The van der Waals surface area contributed by atoms with E-state index in [4.69, 9.17) is 4.74 Å². The summed E-state index contributed by atoms with van der Waals surface area (Å²) < 4.78 is 5.48. The van der Waals surface area contributed by atoms with Crippen molar-refractivity contribution in [3.63, 3.8) is 0 Å². The summed E-state index contributed by atoms with van der Waals surface area (Å²) in [5.41, 5.74) is 0. The molecule has 0 aromatic carbocycles. The van der Waals surface area contributed by atoms with Crippen LogP contribution in [0.25, 0.3) is 0 Å². The smallest absolute Gasteiger partial charge is 0.0673 e. The summed E-state index contributed by atoms with van der Waals surface area (Å²) in [6.45, 7) is 9.50. The van der Waals surface area contributed by atoms with Gasteiger partial charge in [0.05, 0.1) is 6.10 Å². The van der Waals surface area contributed by atoms with Crippen molar-refractivity contribution in [2.45, 2.75) is 46.1 Å². The van der Waals surface area contributed by atoms with Gasteiger partial charge in [-0.15, -0.1) is 0 Å². The summed E-state index contributed by atoms with van der Waals surface area (Å²) in [4.78, 5) is 2.36. The third kappa shape index (κ3) is 8.26. The van der Waals surface area contributed by atoms with E-state index >= 15 is 0 Å². The van der Waals surface area contributed by atoms with E-state index in [9.17, 15) is 0 Å². The molecule has 0 aliphatic heterocycles. The molecule has 80 valence electrons. The van der Waals surface area contributed by atoms with Crippen molar-refractivity contribution in [3.05, 3.63) is 0 Å². The third-order valence-corrected chi connectivity index (χ3v) is 2.16. The first kappa shape index (κ1) is 12.9. The van der Waals surface area contributed by atoms with Crippen LogP contribution >= 0.6 is 0 Å². The van der Waals surface area contributed by atoms with E-state index in [1.807, 2.05) is 6.92 Å². The largest absolute Gasteiger partial charge is 0.377 e. The minimum Gasteiger partial charge on any atom is -0.377 e. The highest BCUT2D eigenvalue weighted by atomic mass is 16.5. The van der Waals surface area contributed by atoms with Crippen LogP contribution in [-0.2, 0) is 4.74 Å². The molecule has 0 aliphatic rings. The molecule has 1 unspecified atom stereocenters. The van der Waals surface area contributed by atoms with E-state index < -0.39 is 0 Å². The SMILES string of the molecule is CCCCCN(C)CC(C)OCC. The third-order valence-electron chi connectivity index (χ3n) is 2.16. The van der Waals surface area contributed by atoms with Crippen molar-refractivity contribution in [1.29, 1.82) is 0 Å². The average molecular weight is 187 g/mol. The molecule has 0 spiro atoms. The molecule has 0 saturated carbocycles. The molecule has 2 nitrogen and oxygen atoms in total. The van der Waals surface area contributed by atoms with Gasteiger partial charge in [-0.25, -0.2) is 0 Å². The molecule has 13 heavy (non-hydrogen) atoms. The van der Waals surface area contributed by atoms with Gasteiger partial charge in [-0.2, -0.15) is 0 Å². The Morgan fingerprint density at radius 2 is 1.92 bits per heavy atom. The van der Waals surface area contributed by atoms with Gasteiger partial charge in [0.15, 0.2) is 0 Å². The number of unbranched alkanes of at least 4 members (excludes halogenated alkanes) is 2. The molecule has 0 radical (unpaired) electrons. The van der Waals surface area contributed by atoms with Crippen LogP contribution in [0.3, 0.4) is 0 Å². The van der Waals surface area contributed by atoms with Crippen LogP contribution in [0.4, 0.5) is 0 Å². The van der Waals surface area contributed by atoms with Gasteiger partial charge in [-0.1, -0.05) is 19.8 Å². The molecule has 0 aromatic rings. The van der Waals surface area contributed by atoms with E-state index in [0.717, 1.165) is 13.2 Å². The molecular formula is C11H25NO. The van der Waals surface area contributed by atoms with Gasteiger partial charge < -0.3 is 9.64 Å². The van der Waals surface area contributed by atoms with Crippen molar-refractivity contribution >= 4 is 0 Å². The Kier molecular flexibility index (Phi) is 8.46. The minimum atomic E-state index is 0.372. The maximum Gasteiger partial charge on any atom is 0.0673 e. The van der Waals surface area contributed by atoms with Gasteiger partial charge in [-0.05, 0) is 33.9 Å². The van der Waals surface area contributed by atoms with Crippen LogP contribution in [-0.4, -0.2) is 37.7 Å². The highest BCUT2D eigenvalue weighted by Crippen LogP contribution is 1.99. The Balaban J connectivity index is 3.32. The van der Waals surface area contributed by atoms with Gasteiger partial charge in [0, 0.05) is 13.2 Å². The number of likely N-dealkylation sites (N-methyl/N-ethyl adjacent to an activating group) is 1. The molecule has 0 saturated heterocycles. The van der Waals surface area contributed by atoms with Gasteiger partial charge in [0.25, 0.3) is 0 Å². The molecule has 0 rings (SSSR count). The maximum atomic E-state index is 5.48. The Morgan fingerprint density at radius 3 is 2.46 bits per heavy atom. The van der Waals surface area contributed by atoms with Crippen molar-refractivity contribution < 1.29 is 4.74 Å². The van der Waals surface area contributed by atoms with Crippen molar-refractivity contribution in [2.24, 2.45) is 0 Å². The van der Waals surface area contributed by atoms with Gasteiger partial charge in [0.1, 0.15) is 0 Å². The van der Waals surface area contributed by atoms with E-state index in [2.05, 4.69) is 25.8 Å². The zero-order valence-electron chi connectivity index (χ0n) is 9.68. The molecule has 0 amide bonds. The molecule has 0 bridgehead atoms. The second-order valence-electron chi connectivity index (χ2n) is 3.74. The molecule has 0 aliphatic carbocycles. The predicted molar refractivity (Wildman–Crippen MR) is 58.1 cm³/mol. The van der Waals surface area contributed by atoms with Crippen LogP contribution in [0.5, 0.6) is 0 Å². The number of hydrogen-bond donors (Lipinski definition) is 0. The van der Waals surface area contributed by atoms with Gasteiger partial charge in [0.2, 0.25) is 0 Å². The fraction of sp³-hybridized carbons (Fsp3) is 1.00. The lowest BCUT2D eigenvalue weighted by molar-refractivity contribution is 0.0516. The van der Waals surface area contributed by atoms with Crippen LogP contribution in [0, 0.1) is 0 Å². The monoisotopic (exact) mass is 187 g/mol. The predicted octanol–water partition coefficient (Wildman–Crippen LogP) is 2.53. The molecule has 2 heteroatoms. The molecule has 0 N–H and O–H groups in total. The van der Waals surface area contributed by atoms with E-state index in [0.29, 0.717) is 6.10 Å². The summed E-state index contributed by atoms with van der Waals surface area (Å²) in [5.74, 6) is 0. The molecule has 0 aromatic heterocycles. The van der Waals surface area contributed by atoms with Crippen molar-refractivity contribution in [2.75, 3.05) is 26.7 Å². The summed E-state index contributed by atoms with van der Waals surface area (Å²) in [6.07, 6.45) is 4.32. The Hall–Kier alpha value is -0.0800. The zero-order chi connectivity index (χ0) is 10.1. The zero-order valence-corrected chi connectivity index (χ0v) is 9.68. The fourth-order valence-electron chi connectivity index (χ4n) is 1.50. The minimum absolute atomic E-state index is 0.372. The van der Waals surface area contributed by atoms with Crippen LogP contribution in [0.1, 0.15) is 40.0 Å². The number of hydrogen-bond acceptors (Lipinski definition) is 2. The Morgan fingerprint density at radius 1 is 1.23 bits per heavy atom. The molecule has 0 heterocycles. The van der Waals surface area contributed by atoms with Crippen LogP contribution in [0.2, 0.25) is 0 Å². The van der Waals surface area contributed by atoms with Gasteiger partial charge in [-0.3, -0.25) is 0 Å². The second kappa shape index (κ2) is 8.52. The summed E-state index contributed by atoms with van der Waals surface area (Å²) in [5, 5.41) is 0. The highest BCUT2D eigenvalue weighted by Gasteiger charge is 2.04. The number of ether oxygens (including phenoxy) is 1. The maximum absolute atomic E-state index is 5.48. The quantitative estimate of drug-likeness (QED) is 0.541.